The molecule has 0 bridgehead atoms. The van der Waals surface area contributed by atoms with E-state index in [1.54, 1.807) is 38.7 Å². The largest absolute Gasteiger partial charge is 0.481 e. The molecule has 12 heteroatoms. The van der Waals surface area contributed by atoms with E-state index < -0.39 is 0 Å². The summed E-state index contributed by atoms with van der Waals surface area (Å²) in [7, 11) is 3.14. The Hall–Kier alpha value is -7.70. The van der Waals surface area contributed by atoms with Crippen LogP contribution >= 0.6 is 0 Å². The van der Waals surface area contributed by atoms with Crippen LogP contribution in [-0.4, -0.2) is 40.1 Å². The van der Waals surface area contributed by atoms with Crippen LogP contribution in [0.1, 0.15) is 81.9 Å². The molecule has 308 valence electrons. The standard InChI is InChI=1S/C24H23N5O.C13H12N4O.C11H11N.4H2/c1-30-23-12-17(9-10-28-23)24(27)20-13-18(6-8-21(20)26)29-22-4-2-3-16-11-15(14-25)5-7-19(16)22;1-18-12-6-8(4-5-15-12)13-10-7-9(14)2-3-11(10)16-17-13;12-8-9-5-6-10-3-1-2-4-11(10)7-9;;;;/h5-13,22,27,29H,2-4,26H2,1H3;2-7H,14H2,1H3,(H,16,17);5-7H,1-4H2;4*1H/t22-;;;;;;/m0....../s1. The Balaban J connectivity index is 0.000000273. The lowest BCUT2D eigenvalue weighted by Gasteiger charge is -2.27. The van der Waals surface area contributed by atoms with Gasteiger partial charge >= 0.3 is 0 Å². The molecule has 0 spiro atoms. The number of rotatable bonds is 7. The number of ether oxygens (including phenoxy) is 2. The summed E-state index contributed by atoms with van der Waals surface area (Å²) < 4.78 is 10.3. The molecule has 0 aliphatic heterocycles. The van der Waals surface area contributed by atoms with Crippen molar-refractivity contribution in [1.29, 1.82) is 15.9 Å². The molecule has 0 unspecified atom stereocenters. The number of anilines is 3. The number of pyridine rings is 2. The molecule has 7 aromatic rings. The van der Waals surface area contributed by atoms with Gasteiger partial charge in [0.05, 0.1) is 54.8 Å². The molecule has 9 rings (SSSR count). The number of nitriles is 2. The first-order chi connectivity index (χ1) is 29.3. The quantitative estimate of drug-likeness (QED) is 0.0761. The molecule has 0 fully saturated rings. The number of aromatic nitrogens is 4. The minimum atomic E-state index is 0. The SMILES string of the molecule is COc1cc(-c2n[nH]c3ccc(N)cc23)ccn1.COc1cc(C(=N)c2cc(N[C@H]3CCCc4cc(C#N)ccc43)ccc2N)ccn1.N#Cc1ccc2c(c1)CCCC2.[HH].[HH].[HH].[HH]. The molecule has 4 aromatic carbocycles. The van der Waals surface area contributed by atoms with Gasteiger partial charge < -0.3 is 26.3 Å². The fraction of sp³-hybridized carbons (Fsp3) is 0.208. The molecular formula is C48H54N10O2. The van der Waals surface area contributed by atoms with Gasteiger partial charge in [-0.3, -0.25) is 10.5 Å². The number of methoxy groups -OCH3 is 2. The molecule has 7 N–H and O–H groups in total. The first kappa shape index (κ1) is 40.5. The highest BCUT2D eigenvalue weighted by Gasteiger charge is 2.21. The van der Waals surface area contributed by atoms with Crippen molar-refractivity contribution >= 4 is 33.7 Å². The van der Waals surface area contributed by atoms with E-state index in [9.17, 15) is 0 Å². The molecule has 12 nitrogen and oxygen atoms in total. The van der Waals surface area contributed by atoms with Crippen molar-refractivity contribution in [3.05, 3.63) is 154 Å². The van der Waals surface area contributed by atoms with Crippen LogP contribution in [0.15, 0.2) is 109 Å². The van der Waals surface area contributed by atoms with Gasteiger partial charge in [0.25, 0.3) is 0 Å². The van der Waals surface area contributed by atoms with E-state index >= 15 is 0 Å². The predicted molar refractivity (Wildman–Crippen MR) is 245 cm³/mol. The molecule has 0 saturated carbocycles. The van der Waals surface area contributed by atoms with Crippen molar-refractivity contribution in [2.24, 2.45) is 0 Å². The molecule has 3 aromatic heterocycles. The number of hydrogen-bond donors (Lipinski definition) is 5. The summed E-state index contributed by atoms with van der Waals surface area (Å²) in [6.45, 7) is 0. The maximum atomic E-state index is 9.17. The Morgan fingerprint density at radius 2 is 1.47 bits per heavy atom. The zero-order valence-corrected chi connectivity index (χ0v) is 33.6. The third kappa shape index (κ3) is 9.36. The van der Waals surface area contributed by atoms with Crippen LogP contribution in [0.2, 0.25) is 0 Å². The molecule has 2 aliphatic rings. The minimum Gasteiger partial charge on any atom is -0.481 e. The number of benzene rings is 4. The number of aryl methyl sites for hydroxylation is 3. The monoisotopic (exact) mass is 802 g/mol. The van der Waals surface area contributed by atoms with Gasteiger partial charge in [-0.05, 0) is 140 Å². The zero-order chi connectivity index (χ0) is 42.0. The van der Waals surface area contributed by atoms with Crippen molar-refractivity contribution < 1.29 is 15.2 Å². The lowest BCUT2D eigenvalue weighted by Crippen LogP contribution is -2.18. The van der Waals surface area contributed by atoms with Crippen molar-refractivity contribution in [1.82, 2.24) is 20.2 Å². The van der Waals surface area contributed by atoms with E-state index in [0.717, 1.165) is 59.1 Å². The number of aromatic amines is 1. The summed E-state index contributed by atoms with van der Waals surface area (Å²) in [5.74, 6) is 1.02. The summed E-state index contributed by atoms with van der Waals surface area (Å²) >= 11 is 0. The highest BCUT2D eigenvalue weighted by molar-refractivity contribution is 6.14. The lowest BCUT2D eigenvalue weighted by molar-refractivity contribution is 0.398. The lowest BCUT2D eigenvalue weighted by atomic mass is 9.86. The summed E-state index contributed by atoms with van der Waals surface area (Å²) in [6, 6.07) is 35.1. The number of hydrogen-bond acceptors (Lipinski definition) is 11. The van der Waals surface area contributed by atoms with Gasteiger partial charge in [-0.15, -0.1) is 0 Å². The third-order valence-electron chi connectivity index (χ3n) is 10.8. The molecular weight excluding hydrogens is 749 g/mol. The Bertz CT molecular complexity index is 2770. The molecule has 3 heterocycles. The number of nitrogens with one attached hydrogen (secondary N) is 3. The van der Waals surface area contributed by atoms with Gasteiger partial charge in [-0.2, -0.15) is 15.6 Å². The van der Waals surface area contributed by atoms with Crippen LogP contribution in [0, 0.1) is 28.1 Å². The normalized spacial score (nSPS) is 13.7. The molecule has 1 atom stereocenters. The van der Waals surface area contributed by atoms with Crippen molar-refractivity contribution in [3.8, 4) is 35.2 Å². The molecule has 0 radical (unpaired) electrons. The second kappa shape index (κ2) is 18.7. The highest BCUT2D eigenvalue weighted by Crippen LogP contribution is 2.34. The van der Waals surface area contributed by atoms with Crippen LogP contribution in [0.3, 0.4) is 0 Å². The predicted octanol–water partition coefficient (Wildman–Crippen LogP) is 10.1. The van der Waals surface area contributed by atoms with Crippen LogP contribution in [0.4, 0.5) is 17.1 Å². The fourth-order valence-electron chi connectivity index (χ4n) is 7.65. The van der Waals surface area contributed by atoms with Gasteiger partial charge in [-0.25, -0.2) is 9.97 Å². The number of nitrogens with two attached hydrogens (primary N) is 2. The topological polar surface area (TPSA) is 208 Å². The zero-order valence-electron chi connectivity index (χ0n) is 33.6. The van der Waals surface area contributed by atoms with Gasteiger partial charge in [0.1, 0.15) is 5.69 Å². The van der Waals surface area contributed by atoms with E-state index in [1.807, 2.05) is 78.9 Å². The van der Waals surface area contributed by atoms with Gasteiger partial charge in [0.15, 0.2) is 0 Å². The third-order valence-corrected chi connectivity index (χ3v) is 10.8. The van der Waals surface area contributed by atoms with Crippen molar-refractivity contribution in [3.63, 3.8) is 0 Å². The van der Waals surface area contributed by atoms with Gasteiger partial charge in [0, 0.05) is 69.4 Å². The number of fused-ring (bicyclic) bond motifs is 3. The minimum absolute atomic E-state index is 0. The summed E-state index contributed by atoms with van der Waals surface area (Å²) in [5.41, 5.74) is 25.4. The van der Waals surface area contributed by atoms with E-state index in [2.05, 4.69) is 43.7 Å². The van der Waals surface area contributed by atoms with Gasteiger partial charge in [-0.1, -0.05) is 12.1 Å². The number of nitrogen functional groups attached to an aromatic ring is 2. The average molecular weight is 803 g/mol. The Kier molecular flexibility index (Phi) is 12.6. The second-order valence-electron chi connectivity index (χ2n) is 14.6. The smallest absolute Gasteiger partial charge is 0.213 e. The summed E-state index contributed by atoms with van der Waals surface area (Å²) in [5, 5.41) is 38.4. The second-order valence-corrected chi connectivity index (χ2v) is 14.6. The number of H-pyrrole nitrogens is 1. The van der Waals surface area contributed by atoms with E-state index in [0.29, 0.717) is 45.5 Å². The highest BCUT2D eigenvalue weighted by atomic mass is 16.5. The average Bonchev–Trinajstić information content (AvgIpc) is 3.72. The summed E-state index contributed by atoms with van der Waals surface area (Å²) in [4.78, 5) is 8.18. The molecule has 60 heavy (non-hydrogen) atoms. The number of nitrogens with zero attached hydrogens (tertiary/aromatic N) is 5. The van der Waals surface area contributed by atoms with Crippen LogP contribution in [0.5, 0.6) is 11.8 Å². The first-order valence-electron chi connectivity index (χ1n) is 19.8. The molecule has 0 amide bonds. The Morgan fingerprint density at radius 1 is 0.767 bits per heavy atom. The molecule has 0 saturated heterocycles. The maximum absolute atomic E-state index is 9.17. The van der Waals surface area contributed by atoms with E-state index in [4.69, 9.17) is 36.9 Å². The van der Waals surface area contributed by atoms with Crippen LogP contribution in [-0.2, 0) is 19.3 Å². The Morgan fingerprint density at radius 3 is 2.23 bits per heavy atom. The summed E-state index contributed by atoms with van der Waals surface area (Å²) in [6.07, 6.45) is 11.3. The van der Waals surface area contributed by atoms with E-state index in [-0.39, 0.29) is 11.7 Å². The van der Waals surface area contributed by atoms with Crippen LogP contribution < -0.4 is 26.3 Å². The van der Waals surface area contributed by atoms with E-state index in [1.165, 1.54) is 41.5 Å². The first-order valence-corrected chi connectivity index (χ1v) is 19.8. The fourth-order valence-corrected chi connectivity index (χ4v) is 7.65. The van der Waals surface area contributed by atoms with Crippen molar-refractivity contribution in [2.75, 3.05) is 31.0 Å². The van der Waals surface area contributed by atoms with Crippen molar-refractivity contribution in [2.45, 2.75) is 51.0 Å². The Labute approximate surface area is 355 Å². The molecule has 2 aliphatic carbocycles. The maximum Gasteiger partial charge on any atom is 0.213 e. The van der Waals surface area contributed by atoms with Gasteiger partial charge in [0.2, 0.25) is 11.8 Å². The van der Waals surface area contributed by atoms with Crippen LogP contribution in [0.25, 0.3) is 22.2 Å².